The number of aryl methyl sites for hydroxylation is 2. The topological polar surface area (TPSA) is 74.7 Å². The number of hydrogen-bond donors (Lipinski definition) is 1. The van der Waals surface area contributed by atoms with E-state index in [1.54, 1.807) is 51.1 Å². The van der Waals surface area contributed by atoms with Crippen LogP contribution in [0.1, 0.15) is 59.7 Å². The minimum atomic E-state index is -4.56. The molecule has 0 heterocycles. The summed E-state index contributed by atoms with van der Waals surface area (Å²) in [4.78, 5) is 12.0. The summed E-state index contributed by atoms with van der Waals surface area (Å²) >= 11 is 0. The first-order valence-electron chi connectivity index (χ1n) is 15.3. The lowest BCUT2D eigenvalue weighted by molar-refractivity contribution is -0.142. The van der Waals surface area contributed by atoms with Crippen LogP contribution in [-0.2, 0) is 39.4 Å². The number of nitrogens with zero attached hydrogens (tertiary/aromatic N) is 1. The molecule has 0 saturated heterocycles. The van der Waals surface area contributed by atoms with Crippen LogP contribution in [-0.4, -0.2) is 23.8 Å². The minimum absolute atomic E-state index is 0.0578. The van der Waals surface area contributed by atoms with E-state index in [0.29, 0.717) is 46.0 Å². The predicted octanol–water partition coefficient (Wildman–Crippen LogP) is 9.07. The quantitative estimate of drug-likeness (QED) is 0.181. The average Bonchev–Trinajstić information content (AvgIpc) is 3.46. The van der Waals surface area contributed by atoms with Gasteiger partial charge in [0.15, 0.2) is 0 Å². The number of carbonyl (C=O) groups is 1. The number of sulfonamides is 1. The maximum absolute atomic E-state index is 14.8. The van der Waals surface area contributed by atoms with Crippen LogP contribution in [0.2, 0.25) is 0 Å². The summed E-state index contributed by atoms with van der Waals surface area (Å²) in [5, 5.41) is 11.0. The summed E-state index contributed by atoms with van der Waals surface area (Å²) in [6.07, 6.45) is -3.75. The zero-order valence-corrected chi connectivity index (χ0v) is 27.0. The molecule has 0 aromatic heterocycles. The van der Waals surface area contributed by atoms with Crippen molar-refractivity contribution in [2.45, 2.75) is 62.7 Å². The van der Waals surface area contributed by atoms with Crippen molar-refractivity contribution in [2.24, 2.45) is 0 Å². The highest BCUT2D eigenvalue weighted by Gasteiger charge is 2.40. The molecular weight excluding hydrogens is 623 g/mol. The van der Waals surface area contributed by atoms with E-state index in [1.807, 2.05) is 54.6 Å². The van der Waals surface area contributed by atoms with Crippen molar-refractivity contribution >= 4 is 26.8 Å². The molecule has 1 atom stereocenters. The number of benzene rings is 5. The number of alkyl halides is 3. The molecule has 0 radical (unpaired) electrons. The van der Waals surface area contributed by atoms with E-state index >= 15 is 0 Å². The zero-order valence-electron chi connectivity index (χ0n) is 26.2. The van der Waals surface area contributed by atoms with Gasteiger partial charge in [0.2, 0.25) is 10.0 Å². The van der Waals surface area contributed by atoms with Crippen LogP contribution < -0.4 is 0 Å². The molecule has 0 saturated carbocycles. The monoisotopic (exact) mass is 657 g/mol. The van der Waals surface area contributed by atoms with Gasteiger partial charge in [0, 0.05) is 11.9 Å². The van der Waals surface area contributed by atoms with E-state index in [-0.39, 0.29) is 11.4 Å². The van der Waals surface area contributed by atoms with Crippen LogP contribution in [0, 0.1) is 6.92 Å². The van der Waals surface area contributed by atoms with Gasteiger partial charge in [0.1, 0.15) is 0 Å². The lowest BCUT2D eigenvalue weighted by atomic mass is 9.83. The standard InChI is InChI=1S/C38H34F3NO4S/c1-24-11-14-27-7-4-5-10-32(27)35(24)47(45,46)42(34-20-18-28-17-19-31(22-33(28)34)38(39,40)41)23-25-12-15-26(16-13-25)29-8-6-9-30(21-29)37(2,3)36(43)44/h4-17,19,21-22,34H,18,20,23H2,1-3H3,(H,43,44). The lowest BCUT2D eigenvalue weighted by Crippen LogP contribution is -2.34. The van der Waals surface area contributed by atoms with Crippen molar-refractivity contribution in [3.8, 4) is 11.1 Å². The highest BCUT2D eigenvalue weighted by atomic mass is 32.2. The Hall–Kier alpha value is -4.47. The van der Waals surface area contributed by atoms with E-state index in [2.05, 4.69) is 0 Å². The van der Waals surface area contributed by atoms with Crippen molar-refractivity contribution in [1.82, 2.24) is 4.31 Å². The molecular formula is C38H34F3NO4S. The third-order valence-electron chi connectivity index (χ3n) is 9.25. The van der Waals surface area contributed by atoms with Gasteiger partial charge in [-0.15, -0.1) is 0 Å². The molecule has 0 amide bonds. The fraction of sp³-hybridized carbons (Fsp3) is 0.237. The van der Waals surface area contributed by atoms with Crippen LogP contribution in [0.25, 0.3) is 21.9 Å². The molecule has 1 unspecified atom stereocenters. The van der Waals surface area contributed by atoms with E-state index < -0.39 is 39.2 Å². The van der Waals surface area contributed by atoms with Crippen molar-refractivity contribution < 1.29 is 31.5 Å². The molecule has 1 aliphatic rings. The molecule has 0 bridgehead atoms. The Kier molecular flexibility index (Phi) is 8.26. The third-order valence-corrected chi connectivity index (χ3v) is 11.3. The number of rotatable bonds is 8. The van der Waals surface area contributed by atoms with Crippen LogP contribution in [0.4, 0.5) is 13.2 Å². The predicted molar refractivity (Wildman–Crippen MR) is 176 cm³/mol. The number of aliphatic carboxylic acids is 1. The molecule has 0 spiro atoms. The first-order chi connectivity index (χ1) is 22.2. The molecule has 5 nitrogen and oxygen atoms in total. The molecule has 9 heteroatoms. The first-order valence-corrected chi connectivity index (χ1v) is 16.8. The number of fused-ring (bicyclic) bond motifs is 2. The van der Waals surface area contributed by atoms with Gasteiger partial charge in [0.25, 0.3) is 0 Å². The van der Waals surface area contributed by atoms with Crippen LogP contribution in [0.3, 0.4) is 0 Å². The molecule has 242 valence electrons. The SMILES string of the molecule is Cc1ccc2ccccc2c1S(=O)(=O)N(Cc1ccc(-c2cccc(C(C)(C)C(=O)O)c2)cc1)C1CCc2ccc(C(F)(F)F)cc21. The number of carboxylic acids is 1. The van der Waals surface area contributed by atoms with E-state index in [0.717, 1.165) is 28.6 Å². The molecule has 1 aliphatic carbocycles. The normalized spacial score (nSPS) is 15.3. The number of carboxylic acid groups (broad SMARTS) is 1. The van der Waals surface area contributed by atoms with Gasteiger partial charge in [-0.05, 0) is 90.1 Å². The molecule has 6 rings (SSSR count). The van der Waals surface area contributed by atoms with Crippen LogP contribution >= 0.6 is 0 Å². The molecule has 0 fully saturated rings. The first kappa shape index (κ1) is 32.5. The summed E-state index contributed by atoms with van der Waals surface area (Å²) in [5.74, 6) is -0.941. The summed E-state index contributed by atoms with van der Waals surface area (Å²) in [7, 11) is -4.23. The Labute approximate surface area is 272 Å². The molecule has 5 aromatic carbocycles. The summed E-state index contributed by atoms with van der Waals surface area (Å²) in [6.45, 7) is 4.96. The second kappa shape index (κ2) is 12.0. The van der Waals surface area contributed by atoms with Gasteiger partial charge >= 0.3 is 12.1 Å². The zero-order chi connectivity index (χ0) is 33.7. The third kappa shape index (κ3) is 6.05. The van der Waals surface area contributed by atoms with Crippen molar-refractivity contribution in [2.75, 3.05) is 0 Å². The summed E-state index contributed by atoms with van der Waals surface area (Å²) < 4.78 is 72.3. The smallest absolute Gasteiger partial charge is 0.416 e. The Balaban J connectivity index is 1.43. The summed E-state index contributed by atoms with van der Waals surface area (Å²) in [6, 6.07) is 28.2. The Morgan fingerprint density at radius 3 is 2.28 bits per heavy atom. The molecule has 1 N–H and O–H groups in total. The van der Waals surface area contributed by atoms with E-state index in [4.69, 9.17) is 0 Å². The second-order valence-corrected chi connectivity index (χ2v) is 14.5. The van der Waals surface area contributed by atoms with Gasteiger partial charge in [-0.2, -0.15) is 17.5 Å². The van der Waals surface area contributed by atoms with Gasteiger partial charge < -0.3 is 5.11 Å². The van der Waals surface area contributed by atoms with Crippen molar-refractivity contribution in [1.29, 1.82) is 0 Å². The van der Waals surface area contributed by atoms with Gasteiger partial charge in [0.05, 0.1) is 21.9 Å². The minimum Gasteiger partial charge on any atom is -0.481 e. The number of halogens is 3. The molecule has 0 aliphatic heterocycles. The van der Waals surface area contributed by atoms with Gasteiger partial charge in [-0.3, -0.25) is 4.79 Å². The van der Waals surface area contributed by atoms with E-state index in [9.17, 15) is 31.5 Å². The van der Waals surface area contributed by atoms with Gasteiger partial charge in [-0.1, -0.05) is 91.0 Å². The highest BCUT2D eigenvalue weighted by molar-refractivity contribution is 7.89. The van der Waals surface area contributed by atoms with Crippen molar-refractivity contribution in [3.05, 3.63) is 137 Å². The van der Waals surface area contributed by atoms with E-state index in [1.165, 1.54) is 10.4 Å². The number of hydrogen-bond acceptors (Lipinski definition) is 3. The van der Waals surface area contributed by atoms with Crippen LogP contribution in [0.5, 0.6) is 0 Å². The Bertz CT molecular complexity index is 2100. The van der Waals surface area contributed by atoms with Crippen LogP contribution in [0.15, 0.2) is 108 Å². The molecule has 5 aromatic rings. The Morgan fingerprint density at radius 1 is 0.851 bits per heavy atom. The summed E-state index contributed by atoms with van der Waals surface area (Å²) in [5.41, 5.74) is 2.67. The van der Waals surface area contributed by atoms with Crippen molar-refractivity contribution in [3.63, 3.8) is 0 Å². The lowest BCUT2D eigenvalue weighted by Gasteiger charge is -2.30. The Morgan fingerprint density at radius 2 is 1.57 bits per heavy atom. The highest BCUT2D eigenvalue weighted by Crippen LogP contribution is 2.44. The largest absolute Gasteiger partial charge is 0.481 e. The fourth-order valence-electron chi connectivity index (χ4n) is 6.42. The maximum atomic E-state index is 14.8. The second-order valence-electron chi connectivity index (χ2n) is 12.7. The van der Waals surface area contributed by atoms with Gasteiger partial charge in [-0.25, -0.2) is 8.42 Å². The molecule has 47 heavy (non-hydrogen) atoms. The fourth-order valence-corrected chi connectivity index (χ4v) is 8.47. The average molecular weight is 658 g/mol. The maximum Gasteiger partial charge on any atom is 0.416 e.